The average Bonchev–Trinajstić information content (AvgIpc) is 2.78. The molecular formula is C14H16BrNO2. The number of ether oxygens (including phenoxy) is 1. The Labute approximate surface area is 115 Å². The van der Waals surface area contributed by atoms with Crippen molar-refractivity contribution in [2.75, 3.05) is 18.5 Å². The fourth-order valence-electron chi connectivity index (χ4n) is 2.95. The summed E-state index contributed by atoms with van der Waals surface area (Å²) in [5, 5.41) is 0.842. The van der Waals surface area contributed by atoms with E-state index in [0.717, 1.165) is 30.5 Å². The van der Waals surface area contributed by atoms with Crippen molar-refractivity contribution in [2.45, 2.75) is 25.3 Å². The fraction of sp³-hybridized carbons (Fsp3) is 0.500. The molecule has 1 amide bonds. The molecule has 1 fully saturated rings. The molecule has 0 N–H and O–H groups in total. The average molecular weight is 310 g/mol. The molecule has 1 unspecified atom stereocenters. The summed E-state index contributed by atoms with van der Waals surface area (Å²) in [5.74, 6) is 1.25. The van der Waals surface area contributed by atoms with E-state index in [1.807, 2.05) is 11.0 Å². The first-order valence-electron chi connectivity index (χ1n) is 6.40. The van der Waals surface area contributed by atoms with E-state index in [4.69, 9.17) is 4.74 Å². The monoisotopic (exact) mass is 309 g/mol. The number of amides is 1. The van der Waals surface area contributed by atoms with Gasteiger partial charge in [0.25, 0.3) is 0 Å². The molecule has 0 aromatic heterocycles. The summed E-state index contributed by atoms with van der Waals surface area (Å²) in [6, 6.07) is 6.60. The highest BCUT2D eigenvalue weighted by Crippen LogP contribution is 2.39. The molecule has 1 atom stereocenters. The molecule has 96 valence electrons. The Kier molecular flexibility index (Phi) is 3.29. The van der Waals surface area contributed by atoms with Crippen molar-refractivity contribution in [3.63, 3.8) is 0 Å². The van der Waals surface area contributed by atoms with E-state index in [9.17, 15) is 4.79 Å². The van der Waals surface area contributed by atoms with Gasteiger partial charge in [-0.1, -0.05) is 22.0 Å². The number of alkyl halides is 1. The van der Waals surface area contributed by atoms with Gasteiger partial charge >= 0.3 is 0 Å². The van der Waals surface area contributed by atoms with Crippen LogP contribution in [-0.2, 0) is 11.2 Å². The van der Waals surface area contributed by atoms with Crippen LogP contribution >= 0.6 is 15.9 Å². The molecule has 1 aromatic rings. The first kappa shape index (κ1) is 12.0. The number of rotatable bonds is 3. The third kappa shape index (κ3) is 2.03. The number of carbonyl (C=O) groups excluding carboxylic acids is 1. The highest BCUT2D eigenvalue weighted by molar-refractivity contribution is 9.09. The van der Waals surface area contributed by atoms with Crippen molar-refractivity contribution < 1.29 is 9.53 Å². The van der Waals surface area contributed by atoms with Crippen molar-refractivity contribution in [3.8, 4) is 5.75 Å². The van der Waals surface area contributed by atoms with E-state index in [-0.39, 0.29) is 0 Å². The van der Waals surface area contributed by atoms with Gasteiger partial charge in [-0.25, -0.2) is 0 Å². The molecule has 1 saturated heterocycles. The minimum absolute atomic E-state index is 0.310. The predicted molar refractivity (Wildman–Crippen MR) is 73.1 cm³/mol. The highest BCUT2D eigenvalue weighted by atomic mass is 79.9. The van der Waals surface area contributed by atoms with Gasteiger partial charge in [-0.05, 0) is 36.1 Å². The Morgan fingerprint density at radius 2 is 2.28 bits per heavy atom. The van der Waals surface area contributed by atoms with Gasteiger partial charge in [-0.3, -0.25) is 4.79 Å². The van der Waals surface area contributed by atoms with Crippen molar-refractivity contribution >= 4 is 21.8 Å². The van der Waals surface area contributed by atoms with Crippen molar-refractivity contribution in [2.24, 2.45) is 0 Å². The van der Waals surface area contributed by atoms with E-state index < -0.39 is 0 Å². The maximum atomic E-state index is 11.7. The van der Waals surface area contributed by atoms with Crippen LogP contribution in [0.1, 0.15) is 30.0 Å². The first-order valence-corrected chi connectivity index (χ1v) is 7.53. The second kappa shape index (κ2) is 4.92. The van der Waals surface area contributed by atoms with E-state index >= 15 is 0 Å². The fourth-order valence-corrected chi connectivity index (χ4v) is 3.11. The largest absolute Gasteiger partial charge is 0.493 e. The van der Waals surface area contributed by atoms with E-state index in [1.54, 1.807) is 0 Å². The summed E-state index contributed by atoms with van der Waals surface area (Å²) in [6.45, 7) is 1.55. The molecule has 0 spiro atoms. The Morgan fingerprint density at radius 3 is 3.11 bits per heavy atom. The Balaban J connectivity index is 1.86. The number of nitrogens with zero attached hydrogens (tertiary/aromatic N) is 1. The van der Waals surface area contributed by atoms with E-state index in [2.05, 4.69) is 28.1 Å². The summed E-state index contributed by atoms with van der Waals surface area (Å²) >= 11 is 3.36. The predicted octanol–water partition coefficient (Wildman–Crippen LogP) is 2.68. The van der Waals surface area contributed by atoms with Gasteiger partial charge in [0.05, 0.1) is 12.6 Å². The van der Waals surface area contributed by atoms with Gasteiger partial charge in [0.1, 0.15) is 5.75 Å². The normalized spacial score (nSPS) is 21.7. The van der Waals surface area contributed by atoms with Crippen LogP contribution in [-0.4, -0.2) is 29.3 Å². The molecule has 4 heteroatoms. The standard InChI is InChI=1S/C14H16BrNO2/c15-6-8-18-11-1-2-12-10(9-11)5-7-16-13(12)3-4-14(16)17/h1-2,9,13H,3-8H2. The maximum absolute atomic E-state index is 11.7. The quantitative estimate of drug-likeness (QED) is 0.803. The van der Waals surface area contributed by atoms with Crippen LogP contribution < -0.4 is 4.74 Å². The number of benzene rings is 1. The van der Waals surface area contributed by atoms with E-state index in [1.165, 1.54) is 11.1 Å². The molecule has 18 heavy (non-hydrogen) atoms. The third-order valence-corrected chi connectivity index (χ3v) is 4.09. The van der Waals surface area contributed by atoms with Crippen LogP contribution in [0, 0.1) is 0 Å². The van der Waals surface area contributed by atoms with Crippen LogP contribution in [0.25, 0.3) is 0 Å². The zero-order valence-electron chi connectivity index (χ0n) is 10.2. The SMILES string of the molecule is O=C1CCC2c3ccc(OCCBr)cc3CCN12. The molecular weight excluding hydrogens is 294 g/mol. The Bertz CT molecular complexity index is 475. The molecule has 0 bridgehead atoms. The van der Waals surface area contributed by atoms with Crippen LogP contribution in [0.2, 0.25) is 0 Å². The van der Waals surface area contributed by atoms with Gasteiger partial charge in [-0.15, -0.1) is 0 Å². The molecule has 0 radical (unpaired) electrons. The Morgan fingerprint density at radius 1 is 1.39 bits per heavy atom. The number of fused-ring (bicyclic) bond motifs is 3. The molecule has 1 aromatic carbocycles. The van der Waals surface area contributed by atoms with Crippen molar-refractivity contribution in [3.05, 3.63) is 29.3 Å². The van der Waals surface area contributed by atoms with Gasteiger partial charge in [-0.2, -0.15) is 0 Å². The second-order valence-electron chi connectivity index (χ2n) is 4.79. The zero-order chi connectivity index (χ0) is 12.5. The number of hydrogen-bond acceptors (Lipinski definition) is 2. The summed E-state index contributed by atoms with van der Waals surface area (Å²) in [7, 11) is 0. The molecule has 2 heterocycles. The summed E-state index contributed by atoms with van der Waals surface area (Å²) in [5.41, 5.74) is 2.66. The van der Waals surface area contributed by atoms with Gasteiger partial charge in [0, 0.05) is 18.3 Å². The lowest BCUT2D eigenvalue weighted by atomic mass is 9.93. The summed E-state index contributed by atoms with van der Waals surface area (Å²) in [4.78, 5) is 13.8. The van der Waals surface area contributed by atoms with E-state index in [0.29, 0.717) is 25.0 Å². The lowest BCUT2D eigenvalue weighted by Crippen LogP contribution is -2.34. The van der Waals surface area contributed by atoms with Gasteiger partial charge in [0.15, 0.2) is 0 Å². The lowest BCUT2D eigenvalue weighted by molar-refractivity contribution is -0.129. The third-order valence-electron chi connectivity index (χ3n) is 3.77. The molecule has 3 nitrogen and oxygen atoms in total. The van der Waals surface area contributed by atoms with Crippen molar-refractivity contribution in [1.29, 1.82) is 0 Å². The van der Waals surface area contributed by atoms with Crippen LogP contribution in [0.5, 0.6) is 5.75 Å². The summed E-state index contributed by atoms with van der Waals surface area (Å²) in [6.07, 6.45) is 2.61. The maximum Gasteiger partial charge on any atom is 0.223 e. The number of carbonyl (C=O) groups is 1. The number of halogens is 1. The molecule has 2 aliphatic heterocycles. The summed E-state index contributed by atoms with van der Waals surface area (Å²) < 4.78 is 5.63. The van der Waals surface area contributed by atoms with Crippen molar-refractivity contribution in [1.82, 2.24) is 4.90 Å². The molecule has 2 aliphatic rings. The zero-order valence-corrected chi connectivity index (χ0v) is 11.8. The van der Waals surface area contributed by atoms with Crippen LogP contribution in [0.4, 0.5) is 0 Å². The minimum atomic E-state index is 0.310. The Hall–Kier alpha value is -1.03. The number of hydrogen-bond donors (Lipinski definition) is 0. The van der Waals surface area contributed by atoms with Crippen LogP contribution in [0.3, 0.4) is 0 Å². The topological polar surface area (TPSA) is 29.5 Å². The minimum Gasteiger partial charge on any atom is -0.493 e. The lowest BCUT2D eigenvalue weighted by Gasteiger charge is -2.32. The highest BCUT2D eigenvalue weighted by Gasteiger charge is 2.35. The molecule has 0 aliphatic carbocycles. The van der Waals surface area contributed by atoms with Gasteiger partial charge < -0.3 is 9.64 Å². The second-order valence-corrected chi connectivity index (χ2v) is 5.58. The molecule has 3 rings (SSSR count). The smallest absolute Gasteiger partial charge is 0.223 e. The first-order chi connectivity index (χ1) is 8.79. The molecule has 0 saturated carbocycles. The van der Waals surface area contributed by atoms with Crippen LogP contribution in [0.15, 0.2) is 18.2 Å². The van der Waals surface area contributed by atoms with Gasteiger partial charge in [0.2, 0.25) is 5.91 Å².